The molecule has 1 atom stereocenters. The van der Waals surface area contributed by atoms with Gasteiger partial charge in [-0.15, -0.1) is 0 Å². The Hall–Kier alpha value is -2.28. The van der Waals surface area contributed by atoms with E-state index in [0.29, 0.717) is 24.2 Å². The number of ketones is 1. The predicted octanol–water partition coefficient (Wildman–Crippen LogP) is 4.37. The maximum absolute atomic E-state index is 13.2. The highest BCUT2D eigenvalue weighted by Gasteiger charge is 2.36. The van der Waals surface area contributed by atoms with Gasteiger partial charge in [0.05, 0.1) is 26.0 Å². The molecule has 1 aliphatic rings. The average molecular weight is 448 g/mol. The molecule has 0 saturated heterocycles. The topological polar surface area (TPSA) is 96.7 Å². The normalized spacial score (nSPS) is 15.9. The zero-order chi connectivity index (χ0) is 22.6. The van der Waals surface area contributed by atoms with Crippen LogP contribution >= 0.6 is 7.60 Å². The lowest BCUT2D eigenvalue weighted by atomic mass is 10.0. The van der Waals surface area contributed by atoms with Gasteiger partial charge in [-0.05, 0) is 31.9 Å². The van der Waals surface area contributed by atoms with Gasteiger partial charge < -0.3 is 18.4 Å². The Balaban J connectivity index is 1.94. The summed E-state index contributed by atoms with van der Waals surface area (Å²) in [6.07, 6.45) is 2.69. The Kier molecular flexibility index (Phi) is 7.46. The van der Waals surface area contributed by atoms with Crippen LogP contribution in [0.3, 0.4) is 0 Å². The highest BCUT2D eigenvalue weighted by Crippen LogP contribution is 2.52. The van der Waals surface area contributed by atoms with Crippen LogP contribution < -0.4 is 0 Å². The largest absolute Gasteiger partial charge is 0.461 e. The molecule has 3 rings (SSSR count). The smallest absolute Gasteiger partial charge is 0.358 e. The van der Waals surface area contributed by atoms with E-state index in [2.05, 4.69) is 4.98 Å². The Morgan fingerprint density at radius 3 is 2.48 bits per heavy atom. The second-order valence-corrected chi connectivity index (χ2v) is 9.21. The molecule has 0 spiro atoms. The number of ether oxygens (including phenoxy) is 1. The van der Waals surface area contributed by atoms with Crippen molar-refractivity contribution < 1.29 is 27.9 Å². The van der Waals surface area contributed by atoms with Gasteiger partial charge in [0.2, 0.25) is 0 Å². The molecule has 1 heterocycles. The van der Waals surface area contributed by atoms with Gasteiger partial charge in [-0.3, -0.25) is 9.36 Å². The molecule has 8 nitrogen and oxygen atoms in total. The Morgan fingerprint density at radius 1 is 1.16 bits per heavy atom. The monoisotopic (exact) mass is 448 g/mol. The summed E-state index contributed by atoms with van der Waals surface area (Å²) < 4.78 is 30.8. The molecular weight excluding hydrogens is 419 g/mol. The van der Waals surface area contributed by atoms with Crippen LogP contribution in [0.4, 0.5) is 0 Å². The summed E-state index contributed by atoms with van der Waals surface area (Å²) in [5.41, 5.74) is 2.41. The standard InChI is InChI=1S/C22H29N2O6P/c1-5-20-23-18(22(26)28-6-2)13-24(20)19-12-17-15(10-9-11-16(17)21(19)25)14-31(27,29-7-3)30-8-4/h9-11,13,19H,5-8,12,14H2,1-4H3. The zero-order valence-corrected chi connectivity index (χ0v) is 19.3. The molecule has 1 aromatic heterocycles. The van der Waals surface area contributed by atoms with Gasteiger partial charge in [0, 0.05) is 24.6 Å². The Labute approximate surface area is 182 Å². The number of carbonyl (C=O) groups excluding carboxylic acids is 2. The van der Waals surface area contributed by atoms with Gasteiger partial charge in [0.25, 0.3) is 0 Å². The molecule has 0 N–H and O–H groups in total. The minimum absolute atomic E-state index is 0.0537. The number of carbonyl (C=O) groups is 2. The van der Waals surface area contributed by atoms with E-state index < -0.39 is 19.6 Å². The first-order valence-corrected chi connectivity index (χ1v) is 12.4. The van der Waals surface area contributed by atoms with Crippen LogP contribution in [0.15, 0.2) is 24.4 Å². The van der Waals surface area contributed by atoms with Crippen LogP contribution in [0.2, 0.25) is 0 Å². The summed E-state index contributed by atoms with van der Waals surface area (Å²) in [6.45, 7) is 8.01. The fourth-order valence-electron chi connectivity index (χ4n) is 3.94. The lowest BCUT2D eigenvalue weighted by Gasteiger charge is -2.18. The lowest BCUT2D eigenvalue weighted by molar-refractivity contribution is 0.0519. The molecule has 1 aliphatic carbocycles. The molecule has 0 saturated carbocycles. The van der Waals surface area contributed by atoms with Crippen LogP contribution in [-0.2, 0) is 37.4 Å². The second-order valence-electron chi connectivity index (χ2n) is 7.16. The molecule has 1 aromatic carbocycles. The quantitative estimate of drug-likeness (QED) is 0.393. The minimum atomic E-state index is -3.31. The number of rotatable bonds is 10. The van der Waals surface area contributed by atoms with Crippen molar-refractivity contribution in [1.82, 2.24) is 9.55 Å². The van der Waals surface area contributed by atoms with Gasteiger partial charge >= 0.3 is 13.6 Å². The van der Waals surface area contributed by atoms with Crippen LogP contribution in [0.25, 0.3) is 0 Å². The number of hydrogen-bond donors (Lipinski definition) is 0. The van der Waals surface area contributed by atoms with Crippen LogP contribution in [-0.4, -0.2) is 41.1 Å². The number of nitrogens with zero attached hydrogens (tertiary/aromatic N) is 2. The SMILES string of the molecule is CCOC(=O)c1cn(C2Cc3c(CP(=O)(OCC)OCC)cccc3C2=O)c(CC)n1. The molecule has 168 valence electrons. The van der Waals surface area contributed by atoms with Gasteiger partial charge in [-0.2, -0.15) is 0 Å². The second kappa shape index (κ2) is 9.90. The van der Waals surface area contributed by atoms with Crippen molar-refractivity contribution in [3.8, 4) is 0 Å². The summed E-state index contributed by atoms with van der Waals surface area (Å²) in [5, 5.41) is 0. The third-order valence-electron chi connectivity index (χ3n) is 5.20. The number of benzene rings is 1. The number of esters is 1. The van der Waals surface area contributed by atoms with E-state index in [1.165, 1.54) is 0 Å². The molecule has 0 radical (unpaired) electrons. The van der Waals surface area contributed by atoms with Gasteiger partial charge in [0.1, 0.15) is 11.9 Å². The van der Waals surface area contributed by atoms with E-state index in [-0.39, 0.29) is 37.5 Å². The fraction of sp³-hybridized carbons (Fsp3) is 0.500. The highest BCUT2D eigenvalue weighted by molar-refractivity contribution is 7.53. The average Bonchev–Trinajstić information content (AvgIpc) is 3.30. The van der Waals surface area contributed by atoms with E-state index >= 15 is 0 Å². The number of aromatic nitrogens is 2. The molecule has 9 heteroatoms. The zero-order valence-electron chi connectivity index (χ0n) is 18.4. The van der Waals surface area contributed by atoms with Gasteiger partial charge in [-0.1, -0.05) is 25.1 Å². The van der Waals surface area contributed by atoms with Crippen molar-refractivity contribution in [3.63, 3.8) is 0 Å². The van der Waals surface area contributed by atoms with E-state index in [0.717, 1.165) is 11.1 Å². The van der Waals surface area contributed by atoms with E-state index in [9.17, 15) is 14.2 Å². The predicted molar refractivity (Wildman–Crippen MR) is 116 cm³/mol. The van der Waals surface area contributed by atoms with Crippen LogP contribution in [0, 0.1) is 0 Å². The number of fused-ring (bicyclic) bond motifs is 1. The van der Waals surface area contributed by atoms with Crippen LogP contribution in [0.1, 0.15) is 71.5 Å². The van der Waals surface area contributed by atoms with Crippen molar-refractivity contribution in [2.75, 3.05) is 19.8 Å². The van der Waals surface area contributed by atoms with E-state index in [1.54, 1.807) is 43.7 Å². The minimum Gasteiger partial charge on any atom is -0.461 e. The molecule has 0 aliphatic heterocycles. The molecule has 0 fully saturated rings. The molecule has 2 aromatic rings. The maximum Gasteiger partial charge on any atom is 0.358 e. The van der Waals surface area contributed by atoms with Crippen molar-refractivity contribution in [3.05, 3.63) is 52.6 Å². The number of Topliss-reactive ketones (excluding diaryl/α,β-unsaturated/α-hetero) is 1. The summed E-state index contributed by atoms with van der Waals surface area (Å²) in [4.78, 5) is 29.7. The summed E-state index contributed by atoms with van der Waals surface area (Å²) in [7, 11) is -3.31. The lowest BCUT2D eigenvalue weighted by Crippen LogP contribution is -2.17. The third kappa shape index (κ3) is 4.81. The van der Waals surface area contributed by atoms with Crippen molar-refractivity contribution >= 4 is 19.3 Å². The van der Waals surface area contributed by atoms with Gasteiger partial charge in [0.15, 0.2) is 11.5 Å². The Bertz CT molecular complexity index is 1010. The van der Waals surface area contributed by atoms with Crippen LogP contribution in [0.5, 0.6) is 0 Å². The van der Waals surface area contributed by atoms with E-state index in [4.69, 9.17) is 13.8 Å². The molecular formula is C22H29N2O6P. The maximum atomic E-state index is 13.2. The summed E-state index contributed by atoms with van der Waals surface area (Å²) >= 11 is 0. The number of hydrogen-bond acceptors (Lipinski definition) is 7. The van der Waals surface area contributed by atoms with Gasteiger partial charge in [-0.25, -0.2) is 9.78 Å². The third-order valence-corrected chi connectivity index (χ3v) is 7.23. The summed E-state index contributed by atoms with van der Waals surface area (Å²) in [5.74, 6) is 0.0843. The molecule has 0 bridgehead atoms. The Morgan fingerprint density at radius 2 is 1.87 bits per heavy atom. The number of aryl methyl sites for hydroxylation is 1. The first-order chi connectivity index (χ1) is 14.9. The van der Waals surface area contributed by atoms with E-state index in [1.807, 2.05) is 13.0 Å². The first-order valence-electron chi connectivity index (χ1n) is 10.6. The molecule has 1 unspecified atom stereocenters. The molecule has 0 amide bonds. The van der Waals surface area contributed by atoms with Crippen molar-refractivity contribution in [1.29, 1.82) is 0 Å². The first kappa shape index (κ1) is 23.4. The fourth-order valence-corrected chi connectivity index (χ4v) is 5.70. The number of imidazole rings is 1. The van der Waals surface area contributed by atoms with Crippen molar-refractivity contribution in [2.24, 2.45) is 0 Å². The van der Waals surface area contributed by atoms with Crippen molar-refractivity contribution in [2.45, 2.75) is 52.7 Å². The highest BCUT2D eigenvalue weighted by atomic mass is 31.2. The molecule has 31 heavy (non-hydrogen) atoms. The summed E-state index contributed by atoms with van der Waals surface area (Å²) in [6, 6.07) is 4.91.